The van der Waals surface area contributed by atoms with Crippen molar-refractivity contribution in [3.05, 3.63) is 65.3 Å². The molecule has 0 spiro atoms. The zero-order valence-electron chi connectivity index (χ0n) is 37.5. The van der Waals surface area contributed by atoms with Gasteiger partial charge in [0, 0.05) is 84.9 Å². The lowest BCUT2D eigenvalue weighted by atomic mass is 9.85. The molecule has 2 atom stereocenters. The Bertz CT molecular complexity index is 2630. The van der Waals surface area contributed by atoms with Crippen LogP contribution in [-0.4, -0.2) is 128 Å². The monoisotopic (exact) mass is 910 g/mol. The first kappa shape index (κ1) is 48.4. The van der Waals surface area contributed by atoms with Crippen LogP contribution in [0.4, 0.5) is 21.5 Å². The fourth-order valence-corrected chi connectivity index (χ4v) is 7.79. The van der Waals surface area contributed by atoms with Crippen molar-refractivity contribution in [2.75, 3.05) is 36.8 Å². The molecular formula is C45H60BClN12O6. The molecule has 0 saturated carbocycles. The van der Waals surface area contributed by atoms with Crippen LogP contribution in [0, 0.1) is 13.8 Å². The number of aromatic nitrogens is 8. The Morgan fingerprint density at radius 2 is 1.17 bits per heavy atom. The largest absolute Gasteiger partial charge is 0.508 e. The molecule has 65 heavy (non-hydrogen) atoms. The topological polar surface area (TPSA) is 233 Å². The van der Waals surface area contributed by atoms with Crippen LogP contribution < -0.4 is 16.2 Å². The van der Waals surface area contributed by atoms with Crippen molar-refractivity contribution in [2.45, 2.75) is 112 Å². The summed E-state index contributed by atoms with van der Waals surface area (Å²) in [6, 6.07) is 7.14. The van der Waals surface area contributed by atoms with Crippen LogP contribution in [0.3, 0.4) is 0 Å². The molecule has 6 aromatic heterocycles. The number of amides is 2. The smallest absolute Gasteiger partial charge is 0.444 e. The first-order valence-electron chi connectivity index (χ1n) is 21.4. The van der Waals surface area contributed by atoms with Gasteiger partial charge in [0.2, 0.25) is 11.9 Å². The Kier molecular flexibility index (Phi) is 14.9. The van der Waals surface area contributed by atoms with E-state index in [1.165, 1.54) is 0 Å². The molecular weight excluding hydrogens is 851 g/mol. The third-order valence-corrected chi connectivity index (χ3v) is 10.8. The maximum atomic E-state index is 12.5. The lowest BCUT2D eigenvalue weighted by Crippen LogP contribution is -2.47. The molecule has 2 saturated heterocycles. The number of rotatable bonds is 7. The summed E-state index contributed by atoms with van der Waals surface area (Å²) in [6.07, 6.45) is 10.3. The van der Waals surface area contributed by atoms with Crippen LogP contribution in [0.25, 0.3) is 44.6 Å². The van der Waals surface area contributed by atoms with Crippen molar-refractivity contribution in [2.24, 2.45) is 0 Å². The van der Waals surface area contributed by atoms with Crippen LogP contribution in [0.1, 0.15) is 85.8 Å². The lowest BCUT2D eigenvalue weighted by Gasteiger charge is -2.34. The first-order chi connectivity index (χ1) is 30.3. The maximum absolute atomic E-state index is 12.5. The van der Waals surface area contributed by atoms with Gasteiger partial charge in [-0.15, -0.1) is 0 Å². The Balaban J connectivity index is 0.000000212. The van der Waals surface area contributed by atoms with Gasteiger partial charge in [-0.2, -0.15) is 0 Å². The Morgan fingerprint density at radius 1 is 0.723 bits per heavy atom. The highest BCUT2D eigenvalue weighted by molar-refractivity contribution is 6.57. The second-order valence-electron chi connectivity index (χ2n) is 18.2. The number of carbonyl (C=O) groups excluding carboxylic acids is 2. The van der Waals surface area contributed by atoms with E-state index >= 15 is 0 Å². The van der Waals surface area contributed by atoms with E-state index in [0.717, 1.165) is 75.7 Å². The van der Waals surface area contributed by atoms with E-state index in [1.807, 2.05) is 67.7 Å². The maximum Gasteiger partial charge on any atom is 0.508 e. The third kappa shape index (κ3) is 12.2. The number of H-pyrrole nitrogens is 2. The molecule has 18 nitrogen and oxygen atoms in total. The molecule has 0 aliphatic carbocycles. The van der Waals surface area contributed by atoms with Crippen LogP contribution in [-0.2, 0) is 9.47 Å². The van der Waals surface area contributed by atoms with Crippen LogP contribution in [0.15, 0.2) is 49.1 Å². The normalized spacial score (nSPS) is 16.6. The summed E-state index contributed by atoms with van der Waals surface area (Å²) >= 11 is 6.00. The minimum Gasteiger partial charge on any atom is -0.444 e. The number of likely N-dealkylation sites (tertiary alicyclic amines) is 2. The number of anilines is 2. The number of hydrogen-bond donors (Lipinski definition) is 6. The molecule has 6 N–H and O–H groups in total. The number of piperidine rings is 2. The highest BCUT2D eigenvalue weighted by atomic mass is 35.5. The van der Waals surface area contributed by atoms with Gasteiger partial charge in [0.1, 0.15) is 27.6 Å². The summed E-state index contributed by atoms with van der Waals surface area (Å²) in [6.45, 7) is 17.5. The number of nitrogens with one attached hydrogen (secondary N) is 4. The summed E-state index contributed by atoms with van der Waals surface area (Å²) in [7, 11) is -1.63. The van der Waals surface area contributed by atoms with Crippen molar-refractivity contribution in [3.63, 3.8) is 0 Å². The van der Waals surface area contributed by atoms with E-state index in [-0.39, 0.29) is 37.3 Å². The van der Waals surface area contributed by atoms with E-state index in [1.54, 1.807) is 46.6 Å². The van der Waals surface area contributed by atoms with E-state index in [2.05, 4.69) is 40.5 Å². The first-order valence-corrected chi connectivity index (χ1v) is 21.8. The molecule has 20 heteroatoms. The van der Waals surface area contributed by atoms with Crippen LogP contribution in [0.2, 0.25) is 5.15 Å². The fraction of sp³-hybridized carbons (Fsp3) is 0.467. The number of pyridine rings is 2. The predicted molar refractivity (Wildman–Crippen MR) is 254 cm³/mol. The SMILES string of the molecule is C.Cc1cnc(N[C@H]2CCCN(C(=O)OC(C)(C)C)C2)nc1-c1c[nH]c2nc(B(O)O)ccc12.Cc1cnc(N[C@H]2CCCN(C(=O)OC(C)(C)C)C2)nc1-c1c[nH]c2nc(Cl)ccc12. The molecule has 0 unspecified atom stereocenters. The second-order valence-corrected chi connectivity index (χ2v) is 18.6. The quantitative estimate of drug-likeness (QED) is 0.0685. The van der Waals surface area contributed by atoms with Crippen LogP contribution >= 0.6 is 11.6 Å². The number of carbonyl (C=O) groups is 2. The minimum absolute atomic E-state index is 0. The average Bonchev–Trinajstić information content (AvgIpc) is 3.85. The molecule has 0 aromatic carbocycles. The van der Waals surface area contributed by atoms with Gasteiger partial charge >= 0.3 is 19.3 Å². The molecule has 6 aromatic rings. The van der Waals surface area contributed by atoms with Crippen molar-refractivity contribution in [3.8, 4) is 22.5 Å². The summed E-state index contributed by atoms with van der Waals surface area (Å²) in [5.74, 6) is 1.02. The van der Waals surface area contributed by atoms with E-state index in [9.17, 15) is 19.6 Å². The number of aromatic amines is 2. The highest BCUT2D eigenvalue weighted by Gasteiger charge is 2.30. The Hall–Kier alpha value is -6.05. The number of fused-ring (bicyclic) bond motifs is 2. The van der Waals surface area contributed by atoms with Gasteiger partial charge in [-0.25, -0.2) is 39.5 Å². The van der Waals surface area contributed by atoms with Crippen LogP contribution in [0.5, 0.6) is 0 Å². The number of hydrogen-bond acceptors (Lipinski definition) is 14. The minimum atomic E-state index is -1.63. The van der Waals surface area contributed by atoms with Gasteiger partial charge in [0.25, 0.3) is 0 Å². The summed E-state index contributed by atoms with van der Waals surface area (Å²) in [5.41, 5.74) is 5.61. The zero-order valence-corrected chi connectivity index (χ0v) is 38.2. The molecule has 8 heterocycles. The van der Waals surface area contributed by atoms with E-state index in [4.69, 9.17) is 31.0 Å². The number of halogens is 1. The molecule has 2 amide bonds. The number of ether oxygens (including phenoxy) is 2. The molecule has 346 valence electrons. The van der Waals surface area contributed by atoms with Crippen molar-refractivity contribution in [1.29, 1.82) is 0 Å². The van der Waals surface area contributed by atoms with Crippen molar-refractivity contribution >= 4 is 70.5 Å². The highest BCUT2D eigenvalue weighted by Crippen LogP contribution is 2.31. The molecule has 2 aliphatic rings. The van der Waals surface area contributed by atoms with Gasteiger partial charge in [-0.1, -0.05) is 19.0 Å². The van der Waals surface area contributed by atoms with Crippen molar-refractivity contribution in [1.82, 2.24) is 49.7 Å². The molecule has 2 fully saturated rings. The van der Waals surface area contributed by atoms with E-state index in [0.29, 0.717) is 48.9 Å². The third-order valence-electron chi connectivity index (χ3n) is 10.6. The average molecular weight is 911 g/mol. The molecule has 0 bridgehead atoms. The predicted octanol–water partition coefficient (Wildman–Crippen LogP) is 7.25. The summed E-state index contributed by atoms with van der Waals surface area (Å²) in [4.78, 5) is 61.6. The lowest BCUT2D eigenvalue weighted by molar-refractivity contribution is 0.0196. The van der Waals surface area contributed by atoms with Gasteiger partial charge in [0.05, 0.1) is 17.0 Å². The second kappa shape index (κ2) is 20.0. The molecule has 2 aliphatic heterocycles. The Labute approximate surface area is 384 Å². The summed E-state index contributed by atoms with van der Waals surface area (Å²) in [5, 5.41) is 27.7. The zero-order chi connectivity index (χ0) is 45.9. The number of aryl methyl sites for hydroxylation is 2. The van der Waals surface area contributed by atoms with Gasteiger partial charge < -0.3 is 49.9 Å². The fourth-order valence-electron chi connectivity index (χ4n) is 7.64. The van der Waals surface area contributed by atoms with E-state index < -0.39 is 18.3 Å². The van der Waals surface area contributed by atoms with Gasteiger partial charge in [0.15, 0.2) is 0 Å². The van der Waals surface area contributed by atoms with Crippen molar-refractivity contribution < 1.29 is 29.1 Å². The summed E-state index contributed by atoms with van der Waals surface area (Å²) < 4.78 is 11.0. The standard InChI is InChI=1S/C22H29BN6O4.C22H27ClN6O2.CH4/c1-13-10-25-20(26-14-6-5-9-29(12-14)21(30)33-22(2,3)4)28-18(13)16-11-24-19-15(16)7-8-17(27-19)23(31)32;1-13-10-25-20(26-14-6-5-9-29(12-14)21(30)31-22(2,3)4)28-18(13)16-11-24-19-15(16)7-8-17(23)27-19;/h7-8,10-11,14,31-32H,5-6,9,12H2,1-4H3,(H,24,27)(H,25,26,28);7-8,10-11,14H,5-6,9,12H2,1-4H3,(H,24,27)(H,25,26,28);1H4/t2*14-;/m00./s1. The van der Waals surface area contributed by atoms with Gasteiger partial charge in [-0.05, 0) is 116 Å². The number of nitrogens with zero attached hydrogens (tertiary/aromatic N) is 8. The molecule has 0 radical (unpaired) electrons. The molecule has 8 rings (SSSR count). The van der Waals surface area contributed by atoms with Gasteiger partial charge in [-0.3, -0.25) is 0 Å². The Morgan fingerprint density at radius 3 is 1.62 bits per heavy atom.